The molecule has 0 aliphatic heterocycles. The van der Waals surface area contributed by atoms with E-state index >= 15 is 0 Å². The summed E-state index contributed by atoms with van der Waals surface area (Å²) in [6, 6.07) is 7.29. The van der Waals surface area contributed by atoms with Crippen LogP contribution in [0.15, 0.2) is 18.2 Å². The van der Waals surface area contributed by atoms with Crippen LogP contribution >= 0.6 is 0 Å². The predicted molar refractivity (Wildman–Crippen MR) is 101 cm³/mol. The third kappa shape index (κ3) is 6.99. The fraction of sp³-hybridized carbons (Fsp3) is 0.727. The maximum Gasteiger partial charge on any atom is -0.0276 e. The van der Waals surface area contributed by atoms with Crippen molar-refractivity contribution >= 4 is 0 Å². The molecule has 0 fully saturated rings. The summed E-state index contributed by atoms with van der Waals surface area (Å²) in [5, 5.41) is 0. The lowest BCUT2D eigenvalue weighted by Crippen LogP contribution is -2.00. The van der Waals surface area contributed by atoms with E-state index in [-0.39, 0.29) is 0 Å². The zero-order valence-corrected chi connectivity index (χ0v) is 15.6. The van der Waals surface area contributed by atoms with E-state index in [1.165, 1.54) is 70.6 Å². The van der Waals surface area contributed by atoms with Crippen molar-refractivity contribution < 1.29 is 0 Å². The van der Waals surface area contributed by atoms with Crippen molar-refractivity contribution in [3.63, 3.8) is 0 Å². The SMILES string of the molecule is CCCCCCc1ccc(CCCC(CC)CC)c(CC)c1. The molecule has 0 atom stereocenters. The van der Waals surface area contributed by atoms with Crippen LogP contribution in [-0.2, 0) is 19.3 Å². The maximum atomic E-state index is 2.48. The van der Waals surface area contributed by atoms with Crippen LogP contribution in [0.4, 0.5) is 0 Å². The first-order valence-corrected chi connectivity index (χ1v) is 9.85. The fourth-order valence-corrected chi connectivity index (χ4v) is 3.44. The van der Waals surface area contributed by atoms with E-state index in [1.807, 2.05) is 0 Å². The maximum absolute atomic E-state index is 2.48. The molecule has 0 radical (unpaired) electrons. The molecule has 0 aromatic heterocycles. The highest BCUT2D eigenvalue weighted by molar-refractivity contribution is 5.32. The molecule has 0 nitrogen and oxygen atoms in total. The number of aryl methyl sites for hydroxylation is 3. The Balaban J connectivity index is 2.50. The second-order valence-electron chi connectivity index (χ2n) is 6.84. The molecule has 1 aromatic rings. The summed E-state index contributed by atoms with van der Waals surface area (Å²) in [4.78, 5) is 0. The second kappa shape index (κ2) is 11.7. The number of rotatable bonds is 12. The molecule has 0 unspecified atom stereocenters. The van der Waals surface area contributed by atoms with E-state index in [0.717, 1.165) is 5.92 Å². The Morgan fingerprint density at radius 1 is 0.773 bits per heavy atom. The van der Waals surface area contributed by atoms with Crippen molar-refractivity contribution in [1.29, 1.82) is 0 Å². The Morgan fingerprint density at radius 3 is 2.18 bits per heavy atom. The topological polar surface area (TPSA) is 0 Å². The molecule has 0 heterocycles. The Labute approximate surface area is 139 Å². The molecular formula is C22H38. The summed E-state index contributed by atoms with van der Waals surface area (Å²) in [5.74, 6) is 0.933. The summed E-state index contributed by atoms with van der Waals surface area (Å²) < 4.78 is 0. The number of hydrogen-bond acceptors (Lipinski definition) is 0. The van der Waals surface area contributed by atoms with Crippen molar-refractivity contribution in [2.45, 2.75) is 98.3 Å². The molecule has 0 N–H and O–H groups in total. The number of unbranched alkanes of at least 4 members (excludes halogenated alkanes) is 3. The van der Waals surface area contributed by atoms with Crippen LogP contribution < -0.4 is 0 Å². The molecule has 0 aliphatic carbocycles. The fourth-order valence-electron chi connectivity index (χ4n) is 3.44. The quantitative estimate of drug-likeness (QED) is 0.360. The Bertz CT molecular complexity index is 387. The summed E-state index contributed by atoms with van der Waals surface area (Å²) in [5.41, 5.74) is 4.75. The first kappa shape index (κ1) is 19.3. The highest BCUT2D eigenvalue weighted by Crippen LogP contribution is 2.20. The van der Waals surface area contributed by atoms with Gasteiger partial charge in [0, 0.05) is 0 Å². The van der Waals surface area contributed by atoms with E-state index in [1.54, 1.807) is 16.7 Å². The van der Waals surface area contributed by atoms with Gasteiger partial charge >= 0.3 is 0 Å². The van der Waals surface area contributed by atoms with Crippen LogP contribution in [0.25, 0.3) is 0 Å². The Hall–Kier alpha value is -0.780. The zero-order valence-electron chi connectivity index (χ0n) is 15.6. The van der Waals surface area contributed by atoms with Crippen LogP contribution in [0, 0.1) is 5.92 Å². The minimum Gasteiger partial charge on any atom is -0.0654 e. The van der Waals surface area contributed by atoms with Gasteiger partial charge in [-0.3, -0.25) is 0 Å². The third-order valence-electron chi connectivity index (χ3n) is 5.18. The summed E-state index contributed by atoms with van der Waals surface area (Å²) in [6.07, 6.45) is 14.6. The number of hydrogen-bond donors (Lipinski definition) is 0. The van der Waals surface area contributed by atoms with Gasteiger partial charge in [-0.25, -0.2) is 0 Å². The zero-order chi connectivity index (χ0) is 16.2. The largest absolute Gasteiger partial charge is 0.0654 e. The van der Waals surface area contributed by atoms with Gasteiger partial charge in [-0.15, -0.1) is 0 Å². The first-order chi connectivity index (χ1) is 10.7. The molecule has 0 heteroatoms. The molecule has 0 spiro atoms. The van der Waals surface area contributed by atoms with Gasteiger partial charge < -0.3 is 0 Å². The Morgan fingerprint density at radius 2 is 1.55 bits per heavy atom. The van der Waals surface area contributed by atoms with Gasteiger partial charge in [0.05, 0.1) is 0 Å². The highest BCUT2D eigenvalue weighted by atomic mass is 14.1. The van der Waals surface area contributed by atoms with Gasteiger partial charge in [0.15, 0.2) is 0 Å². The summed E-state index contributed by atoms with van der Waals surface area (Å²) in [6.45, 7) is 9.25. The van der Waals surface area contributed by atoms with E-state index in [4.69, 9.17) is 0 Å². The molecule has 1 aromatic carbocycles. The molecular weight excluding hydrogens is 264 g/mol. The van der Waals surface area contributed by atoms with Crippen LogP contribution in [0.2, 0.25) is 0 Å². The average Bonchev–Trinajstić information content (AvgIpc) is 2.56. The van der Waals surface area contributed by atoms with Gasteiger partial charge in [0.25, 0.3) is 0 Å². The smallest absolute Gasteiger partial charge is 0.0276 e. The van der Waals surface area contributed by atoms with Gasteiger partial charge in [-0.1, -0.05) is 84.4 Å². The van der Waals surface area contributed by atoms with E-state index in [9.17, 15) is 0 Å². The lowest BCUT2D eigenvalue weighted by molar-refractivity contribution is 0.441. The molecule has 0 bridgehead atoms. The molecule has 0 saturated carbocycles. The second-order valence-corrected chi connectivity index (χ2v) is 6.84. The highest BCUT2D eigenvalue weighted by Gasteiger charge is 2.06. The van der Waals surface area contributed by atoms with E-state index in [2.05, 4.69) is 45.9 Å². The lowest BCUT2D eigenvalue weighted by atomic mass is 9.92. The molecule has 0 aliphatic rings. The monoisotopic (exact) mass is 302 g/mol. The van der Waals surface area contributed by atoms with Crippen molar-refractivity contribution in [3.05, 3.63) is 34.9 Å². The normalized spacial score (nSPS) is 11.3. The van der Waals surface area contributed by atoms with Crippen molar-refractivity contribution in [2.75, 3.05) is 0 Å². The van der Waals surface area contributed by atoms with Gasteiger partial charge in [-0.2, -0.15) is 0 Å². The molecule has 0 amide bonds. The first-order valence-electron chi connectivity index (χ1n) is 9.85. The molecule has 126 valence electrons. The van der Waals surface area contributed by atoms with Crippen molar-refractivity contribution in [3.8, 4) is 0 Å². The minimum absolute atomic E-state index is 0.933. The van der Waals surface area contributed by atoms with Crippen LogP contribution in [0.3, 0.4) is 0 Å². The Kier molecular flexibility index (Phi) is 10.3. The van der Waals surface area contributed by atoms with Gasteiger partial charge in [-0.05, 0) is 54.7 Å². The van der Waals surface area contributed by atoms with Crippen LogP contribution in [0.5, 0.6) is 0 Å². The van der Waals surface area contributed by atoms with Crippen molar-refractivity contribution in [1.82, 2.24) is 0 Å². The summed E-state index contributed by atoms with van der Waals surface area (Å²) in [7, 11) is 0. The molecule has 1 rings (SSSR count). The lowest BCUT2D eigenvalue weighted by Gasteiger charge is -2.14. The predicted octanol–water partition coefficient (Wildman–Crippen LogP) is 7.13. The third-order valence-corrected chi connectivity index (χ3v) is 5.18. The average molecular weight is 303 g/mol. The molecule has 22 heavy (non-hydrogen) atoms. The van der Waals surface area contributed by atoms with Crippen LogP contribution in [0.1, 0.15) is 95.8 Å². The van der Waals surface area contributed by atoms with Crippen molar-refractivity contribution in [2.24, 2.45) is 5.92 Å². The van der Waals surface area contributed by atoms with Gasteiger partial charge in [0.2, 0.25) is 0 Å². The number of benzene rings is 1. The van der Waals surface area contributed by atoms with Crippen LogP contribution in [-0.4, -0.2) is 0 Å². The van der Waals surface area contributed by atoms with E-state index in [0.29, 0.717) is 0 Å². The van der Waals surface area contributed by atoms with E-state index < -0.39 is 0 Å². The molecule has 0 saturated heterocycles. The summed E-state index contributed by atoms with van der Waals surface area (Å²) >= 11 is 0. The standard InChI is InChI=1S/C22H38/c1-5-9-10-11-13-20-16-17-22(21(8-4)18-20)15-12-14-19(6-2)7-3/h16-19H,5-15H2,1-4H3. The van der Waals surface area contributed by atoms with Gasteiger partial charge in [0.1, 0.15) is 0 Å². The minimum atomic E-state index is 0.933.